The highest BCUT2D eigenvalue weighted by molar-refractivity contribution is 5.92. The van der Waals surface area contributed by atoms with Crippen molar-refractivity contribution in [3.05, 3.63) is 12.1 Å². The number of morpholine rings is 1. The number of benzene rings is 1. The van der Waals surface area contributed by atoms with Crippen molar-refractivity contribution in [3.63, 3.8) is 0 Å². The average Bonchev–Trinajstić information content (AvgIpc) is 2.48. The van der Waals surface area contributed by atoms with Gasteiger partial charge in [0.2, 0.25) is 5.91 Å². The zero-order valence-electron chi connectivity index (χ0n) is 11.5. The molecule has 6 heteroatoms. The molecule has 108 valence electrons. The summed E-state index contributed by atoms with van der Waals surface area (Å²) in [5.74, 6) is 1.21. The Morgan fingerprint density at radius 1 is 1.10 bits per heavy atom. The molecule has 0 spiro atoms. The van der Waals surface area contributed by atoms with E-state index >= 15 is 0 Å². The summed E-state index contributed by atoms with van der Waals surface area (Å²) >= 11 is 0. The van der Waals surface area contributed by atoms with Crippen molar-refractivity contribution in [2.24, 2.45) is 0 Å². The van der Waals surface area contributed by atoms with E-state index in [0.717, 1.165) is 18.8 Å². The lowest BCUT2D eigenvalue weighted by molar-refractivity contribution is -0.114. The van der Waals surface area contributed by atoms with Gasteiger partial charge < -0.3 is 24.4 Å². The quantitative estimate of drug-likeness (QED) is 0.882. The molecule has 2 aliphatic rings. The van der Waals surface area contributed by atoms with E-state index in [1.54, 1.807) is 0 Å². The number of nitrogens with one attached hydrogen (secondary N) is 1. The summed E-state index contributed by atoms with van der Waals surface area (Å²) in [5, 5.41) is 2.78. The van der Waals surface area contributed by atoms with Crippen molar-refractivity contribution in [2.75, 3.05) is 49.7 Å². The lowest BCUT2D eigenvalue weighted by Crippen LogP contribution is -2.36. The molecule has 1 N–H and O–H groups in total. The van der Waals surface area contributed by atoms with Gasteiger partial charge in [0.25, 0.3) is 0 Å². The van der Waals surface area contributed by atoms with Gasteiger partial charge in [0.1, 0.15) is 13.2 Å². The van der Waals surface area contributed by atoms with Gasteiger partial charge in [-0.15, -0.1) is 0 Å². The monoisotopic (exact) mass is 278 g/mol. The van der Waals surface area contributed by atoms with Gasteiger partial charge in [-0.1, -0.05) is 0 Å². The van der Waals surface area contributed by atoms with Crippen LogP contribution in [0.3, 0.4) is 0 Å². The minimum Gasteiger partial charge on any atom is -0.484 e. The number of carbonyl (C=O) groups excluding carboxylic acids is 1. The molecule has 1 aromatic carbocycles. The maximum Gasteiger partial charge on any atom is 0.221 e. The fourth-order valence-corrected chi connectivity index (χ4v) is 2.46. The first-order chi connectivity index (χ1) is 9.75. The lowest BCUT2D eigenvalue weighted by atomic mass is 10.2. The largest absolute Gasteiger partial charge is 0.484 e. The van der Waals surface area contributed by atoms with Gasteiger partial charge in [-0.25, -0.2) is 0 Å². The summed E-state index contributed by atoms with van der Waals surface area (Å²) in [5.41, 5.74) is 1.65. The normalized spacial score (nSPS) is 17.8. The summed E-state index contributed by atoms with van der Waals surface area (Å²) in [7, 11) is 0. The van der Waals surface area contributed by atoms with Crippen LogP contribution in [0.4, 0.5) is 11.4 Å². The minimum atomic E-state index is -0.125. The predicted molar refractivity (Wildman–Crippen MR) is 74.8 cm³/mol. The minimum absolute atomic E-state index is 0.125. The molecule has 0 saturated carbocycles. The Morgan fingerprint density at radius 3 is 2.50 bits per heavy atom. The Kier molecular flexibility index (Phi) is 3.64. The van der Waals surface area contributed by atoms with Crippen molar-refractivity contribution >= 4 is 17.3 Å². The molecule has 0 unspecified atom stereocenters. The fraction of sp³-hybridized carbons (Fsp3) is 0.500. The standard InChI is InChI=1S/C14H18N2O4/c1-10(17)15-11-2-3-12(16-4-6-18-7-5-16)14-13(11)19-8-9-20-14/h2-3H,4-9H2,1H3,(H,15,17). The fourth-order valence-electron chi connectivity index (χ4n) is 2.46. The molecule has 0 aliphatic carbocycles. The Hall–Kier alpha value is -1.95. The van der Waals surface area contributed by atoms with Crippen LogP contribution in [-0.4, -0.2) is 45.4 Å². The van der Waals surface area contributed by atoms with Crippen LogP contribution < -0.4 is 19.7 Å². The Morgan fingerprint density at radius 2 is 1.80 bits per heavy atom. The average molecular weight is 278 g/mol. The van der Waals surface area contributed by atoms with Gasteiger partial charge in [-0.2, -0.15) is 0 Å². The van der Waals surface area contributed by atoms with Crippen LogP contribution in [0.1, 0.15) is 6.92 Å². The van der Waals surface area contributed by atoms with Crippen molar-refractivity contribution in [1.29, 1.82) is 0 Å². The highest BCUT2D eigenvalue weighted by Gasteiger charge is 2.24. The molecule has 6 nitrogen and oxygen atoms in total. The van der Waals surface area contributed by atoms with E-state index in [2.05, 4.69) is 10.2 Å². The van der Waals surface area contributed by atoms with Gasteiger partial charge >= 0.3 is 0 Å². The molecule has 1 aromatic rings. The number of rotatable bonds is 2. The van der Waals surface area contributed by atoms with Gasteiger partial charge in [-0.05, 0) is 12.1 Å². The van der Waals surface area contributed by atoms with E-state index in [4.69, 9.17) is 14.2 Å². The number of fused-ring (bicyclic) bond motifs is 1. The van der Waals surface area contributed by atoms with Crippen molar-refractivity contribution < 1.29 is 19.0 Å². The van der Waals surface area contributed by atoms with Crippen molar-refractivity contribution in [1.82, 2.24) is 0 Å². The maximum atomic E-state index is 11.3. The van der Waals surface area contributed by atoms with E-state index in [1.807, 2.05) is 12.1 Å². The molecular weight excluding hydrogens is 260 g/mol. The molecule has 1 amide bonds. The summed E-state index contributed by atoms with van der Waals surface area (Å²) in [6, 6.07) is 3.82. The number of amides is 1. The number of hydrogen-bond acceptors (Lipinski definition) is 5. The van der Waals surface area contributed by atoms with E-state index in [-0.39, 0.29) is 5.91 Å². The Balaban J connectivity index is 1.96. The Bertz CT molecular complexity index is 512. The number of anilines is 2. The number of nitrogens with zero attached hydrogens (tertiary/aromatic N) is 1. The molecule has 3 rings (SSSR count). The Labute approximate surface area is 117 Å². The molecule has 1 saturated heterocycles. The van der Waals surface area contributed by atoms with Gasteiger partial charge in [0.15, 0.2) is 11.5 Å². The SMILES string of the molecule is CC(=O)Nc1ccc(N2CCOCC2)c2c1OCCO2. The summed E-state index contributed by atoms with van der Waals surface area (Å²) in [4.78, 5) is 13.5. The maximum absolute atomic E-state index is 11.3. The molecule has 0 atom stereocenters. The van der Waals surface area contributed by atoms with Crippen LogP contribution in [0, 0.1) is 0 Å². The van der Waals surface area contributed by atoms with Crippen molar-refractivity contribution in [3.8, 4) is 11.5 Å². The number of carbonyl (C=O) groups is 1. The second-order valence-electron chi connectivity index (χ2n) is 4.77. The topological polar surface area (TPSA) is 60.0 Å². The van der Waals surface area contributed by atoms with Gasteiger partial charge in [-0.3, -0.25) is 4.79 Å². The van der Waals surface area contributed by atoms with Crippen LogP contribution in [0.15, 0.2) is 12.1 Å². The highest BCUT2D eigenvalue weighted by atomic mass is 16.6. The van der Waals surface area contributed by atoms with Crippen LogP contribution in [0.2, 0.25) is 0 Å². The van der Waals surface area contributed by atoms with E-state index < -0.39 is 0 Å². The smallest absolute Gasteiger partial charge is 0.221 e. The predicted octanol–water partition coefficient (Wildman–Crippen LogP) is 1.25. The second-order valence-corrected chi connectivity index (χ2v) is 4.77. The second kappa shape index (κ2) is 5.58. The number of ether oxygens (including phenoxy) is 3. The summed E-state index contributed by atoms with van der Waals surface area (Å²) in [6.07, 6.45) is 0. The first-order valence-electron chi connectivity index (χ1n) is 6.78. The molecular formula is C14H18N2O4. The zero-order chi connectivity index (χ0) is 13.9. The third kappa shape index (κ3) is 2.51. The molecule has 0 radical (unpaired) electrons. The summed E-state index contributed by atoms with van der Waals surface area (Å²) < 4.78 is 16.8. The van der Waals surface area contributed by atoms with Gasteiger partial charge in [0, 0.05) is 20.0 Å². The van der Waals surface area contributed by atoms with Crippen molar-refractivity contribution in [2.45, 2.75) is 6.92 Å². The first-order valence-corrected chi connectivity index (χ1v) is 6.78. The van der Waals surface area contributed by atoms with E-state index in [9.17, 15) is 4.79 Å². The van der Waals surface area contributed by atoms with Crippen LogP contribution in [-0.2, 0) is 9.53 Å². The molecule has 2 heterocycles. The molecule has 1 fully saturated rings. The third-order valence-corrected chi connectivity index (χ3v) is 3.33. The third-order valence-electron chi connectivity index (χ3n) is 3.33. The molecule has 20 heavy (non-hydrogen) atoms. The zero-order valence-corrected chi connectivity index (χ0v) is 11.5. The van der Waals surface area contributed by atoms with Crippen LogP contribution in [0.5, 0.6) is 11.5 Å². The number of hydrogen-bond donors (Lipinski definition) is 1. The lowest BCUT2D eigenvalue weighted by Gasteiger charge is -2.32. The van der Waals surface area contributed by atoms with E-state index in [1.165, 1.54) is 6.92 Å². The molecule has 2 aliphatic heterocycles. The highest BCUT2D eigenvalue weighted by Crippen LogP contribution is 2.45. The first kappa shape index (κ1) is 13.1. The molecule has 0 aromatic heterocycles. The van der Waals surface area contributed by atoms with Gasteiger partial charge in [0.05, 0.1) is 24.6 Å². The summed E-state index contributed by atoms with van der Waals surface area (Å²) in [6.45, 7) is 5.57. The van der Waals surface area contributed by atoms with Crippen LogP contribution >= 0.6 is 0 Å². The van der Waals surface area contributed by atoms with Crippen LogP contribution in [0.25, 0.3) is 0 Å². The molecule has 0 bridgehead atoms. The van der Waals surface area contributed by atoms with E-state index in [0.29, 0.717) is 43.6 Å².